The second-order valence-corrected chi connectivity index (χ2v) is 6.54. The van der Waals surface area contributed by atoms with Crippen molar-refractivity contribution < 1.29 is 9.53 Å². The number of benzene rings is 1. The van der Waals surface area contributed by atoms with Crippen molar-refractivity contribution in [2.24, 2.45) is 0 Å². The topological polar surface area (TPSA) is 38.3 Å². The summed E-state index contributed by atoms with van der Waals surface area (Å²) in [5.41, 5.74) is 0.707. The fourth-order valence-electron chi connectivity index (χ4n) is 2.80. The van der Waals surface area contributed by atoms with E-state index < -0.39 is 0 Å². The van der Waals surface area contributed by atoms with Gasteiger partial charge in [-0.3, -0.25) is 4.79 Å². The van der Waals surface area contributed by atoms with Crippen LogP contribution >= 0.6 is 22.6 Å². The van der Waals surface area contributed by atoms with Gasteiger partial charge in [0.1, 0.15) is 0 Å². The van der Waals surface area contributed by atoms with E-state index in [1.54, 1.807) is 0 Å². The molecule has 1 aromatic carbocycles. The minimum Gasteiger partial charge on any atom is -0.375 e. The first-order valence-corrected chi connectivity index (χ1v) is 8.37. The molecule has 1 amide bonds. The third-order valence-corrected chi connectivity index (χ3v) is 5.18. The van der Waals surface area contributed by atoms with Gasteiger partial charge in [-0.25, -0.2) is 0 Å². The summed E-state index contributed by atoms with van der Waals surface area (Å²) >= 11 is 2.21. The number of carbonyl (C=O) groups excluding carboxylic acids is 1. The van der Waals surface area contributed by atoms with Gasteiger partial charge < -0.3 is 10.1 Å². The first-order chi connectivity index (χ1) is 9.60. The quantitative estimate of drug-likeness (QED) is 0.800. The van der Waals surface area contributed by atoms with Crippen LogP contribution in [0.4, 0.5) is 0 Å². The Hall–Kier alpha value is -0.620. The molecule has 3 nitrogen and oxygen atoms in total. The van der Waals surface area contributed by atoms with Gasteiger partial charge in [0.2, 0.25) is 0 Å². The lowest BCUT2D eigenvalue weighted by molar-refractivity contribution is -0.0917. The molecule has 1 aliphatic rings. The van der Waals surface area contributed by atoms with E-state index in [0.717, 1.165) is 41.4 Å². The van der Waals surface area contributed by atoms with Gasteiger partial charge in [0.05, 0.1) is 11.2 Å². The summed E-state index contributed by atoms with van der Waals surface area (Å²) in [6, 6.07) is 7.91. The maximum Gasteiger partial charge on any atom is 0.252 e. The Morgan fingerprint density at radius 1 is 1.40 bits per heavy atom. The molecular formula is C16H22INO2. The van der Waals surface area contributed by atoms with Gasteiger partial charge >= 0.3 is 0 Å². The number of halogens is 1. The molecule has 1 heterocycles. The van der Waals surface area contributed by atoms with Gasteiger partial charge in [-0.05, 0) is 60.4 Å². The van der Waals surface area contributed by atoms with Crippen LogP contribution in [0, 0.1) is 3.57 Å². The zero-order valence-corrected chi connectivity index (χ0v) is 14.3. The summed E-state index contributed by atoms with van der Waals surface area (Å²) < 4.78 is 6.94. The van der Waals surface area contributed by atoms with E-state index in [-0.39, 0.29) is 17.6 Å². The molecule has 1 saturated heterocycles. The minimum absolute atomic E-state index is 0.0306. The van der Waals surface area contributed by atoms with E-state index in [1.165, 1.54) is 0 Å². The molecule has 1 N–H and O–H groups in total. The highest BCUT2D eigenvalue weighted by Crippen LogP contribution is 2.31. The monoisotopic (exact) mass is 387 g/mol. The summed E-state index contributed by atoms with van der Waals surface area (Å²) in [6.45, 7) is 5.06. The summed E-state index contributed by atoms with van der Waals surface area (Å²) in [6.07, 6.45) is 3.81. The summed E-state index contributed by atoms with van der Waals surface area (Å²) in [5, 5.41) is 3.18. The molecule has 110 valence electrons. The van der Waals surface area contributed by atoms with Crippen LogP contribution in [0.3, 0.4) is 0 Å². The van der Waals surface area contributed by atoms with Crippen LogP contribution in [0.25, 0.3) is 0 Å². The third kappa shape index (κ3) is 3.52. The van der Waals surface area contributed by atoms with E-state index in [0.29, 0.717) is 0 Å². The average Bonchev–Trinajstić information content (AvgIpc) is 2.47. The third-order valence-electron chi connectivity index (χ3n) is 4.24. The van der Waals surface area contributed by atoms with Crippen LogP contribution in [-0.2, 0) is 4.74 Å². The highest BCUT2D eigenvalue weighted by molar-refractivity contribution is 14.1. The van der Waals surface area contributed by atoms with Gasteiger partial charge in [0.25, 0.3) is 5.91 Å². The maximum atomic E-state index is 12.4. The van der Waals surface area contributed by atoms with Crippen LogP contribution in [0.15, 0.2) is 24.3 Å². The van der Waals surface area contributed by atoms with Crippen molar-refractivity contribution in [2.45, 2.75) is 51.2 Å². The van der Waals surface area contributed by atoms with E-state index in [2.05, 4.69) is 41.8 Å². The van der Waals surface area contributed by atoms with Crippen molar-refractivity contribution in [3.05, 3.63) is 33.4 Å². The largest absolute Gasteiger partial charge is 0.375 e. The Balaban J connectivity index is 2.03. The number of ether oxygens (including phenoxy) is 1. The zero-order chi connectivity index (χ0) is 14.6. The standard InChI is InChI=1S/C16H22INO2/c1-3-16(4-2)11-12(9-10-20-16)18-15(19)13-7-5-6-8-14(13)17/h5-8,12H,3-4,9-11H2,1-2H3,(H,18,19). The molecule has 1 fully saturated rings. The maximum absolute atomic E-state index is 12.4. The van der Waals surface area contributed by atoms with Crippen molar-refractivity contribution in [3.63, 3.8) is 0 Å². The van der Waals surface area contributed by atoms with E-state index in [9.17, 15) is 4.79 Å². The lowest BCUT2D eigenvalue weighted by atomic mass is 9.86. The summed E-state index contributed by atoms with van der Waals surface area (Å²) in [5.74, 6) is 0.0306. The molecule has 0 radical (unpaired) electrons. The van der Waals surface area contributed by atoms with Crippen LogP contribution < -0.4 is 5.32 Å². The number of rotatable bonds is 4. The first-order valence-electron chi connectivity index (χ1n) is 7.29. The molecule has 0 aromatic heterocycles. The van der Waals surface area contributed by atoms with Gasteiger partial charge in [0, 0.05) is 16.2 Å². The molecule has 1 unspecified atom stereocenters. The predicted molar refractivity (Wildman–Crippen MR) is 88.9 cm³/mol. The van der Waals surface area contributed by atoms with Crippen molar-refractivity contribution in [3.8, 4) is 0 Å². The molecule has 1 atom stereocenters. The molecular weight excluding hydrogens is 365 g/mol. The Morgan fingerprint density at radius 3 is 2.75 bits per heavy atom. The average molecular weight is 387 g/mol. The molecule has 20 heavy (non-hydrogen) atoms. The Kier molecular flexibility index (Phi) is 5.43. The van der Waals surface area contributed by atoms with Gasteiger partial charge in [0.15, 0.2) is 0 Å². The highest BCUT2D eigenvalue weighted by atomic mass is 127. The minimum atomic E-state index is -0.0555. The van der Waals surface area contributed by atoms with Crippen molar-refractivity contribution >= 4 is 28.5 Å². The SMILES string of the molecule is CCC1(CC)CC(NC(=O)c2ccccc2I)CCO1. The summed E-state index contributed by atoms with van der Waals surface area (Å²) in [4.78, 5) is 12.4. The van der Waals surface area contributed by atoms with Crippen molar-refractivity contribution in [1.29, 1.82) is 0 Å². The van der Waals surface area contributed by atoms with E-state index in [4.69, 9.17) is 4.74 Å². The van der Waals surface area contributed by atoms with Crippen LogP contribution in [0.5, 0.6) is 0 Å². The van der Waals surface area contributed by atoms with Gasteiger partial charge in [-0.2, -0.15) is 0 Å². The fourth-order valence-corrected chi connectivity index (χ4v) is 3.43. The fraction of sp³-hybridized carbons (Fsp3) is 0.562. The molecule has 4 heteroatoms. The normalized spacial score (nSPS) is 21.4. The van der Waals surface area contributed by atoms with Crippen LogP contribution in [0.1, 0.15) is 49.9 Å². The molecule has 2 rings (SSSR count). The highest BCUT2D eigenvalue weighted by Gasteiger charge is 2.35. The molecule has 0 aliphatic carbocycles. The van der Waals surface area contributed by atoms with Crippen molar-refractivity contribution in [1.82, 2.24) is 5.32 Å². The number of hydrogen-bond acceptors (Lipinski definition) is 2. The molecule has 1 aliphatic heterocycles. The zero-order valence-electron chi connectivity index (χ0n) is 12.1. The lowest BCUT2D eigenvalue weighted by Gasteiger charge is -2.40. The first kappa shape index (κ1) is 15.8. The van der Waals surface area contributed by atoms with Gasteiger partial charge in [-0.1, -0.05) is 26.0 Å². The number of nitrogens with one attached hydrogen (secondary N) is 1. The van der Waals surface area contributed by atoms with E-state index in [1.807, 2.05) is 24.3 Å². The van der Waals surface area contributed by atoms with Crippen LogP contribution in [0.2, 0.25) is 0 Å². The van der Waals surface area contributed by atoms with E-state index >= 15 is 0 Å². The molecule has 0 spiro atoms. The Labute approximate surface area is 134 Å². The molecule has 0 saturated carbocycles. The number of amides is 1. The number of carbonyl (C=O) groups is 1. The van der Waals surface area contributed by atoms with Gasteiger partial charge in [-0.15, -0.1) is 0 Å². The lowest BCUT2D eigenvalue weighted by Crippen LogP contribution is -2.48. The summed E-state index contributed by atoms with van der Waals surface area (Å²) in [7, 11) is 0. The number of hydrogen-bond donors (Lipinski definition) is 1. The Morgan fingerprint density at radius 2 is 2.10 bits per heavy atom. The smallest absolute Gasteiger partial charge is 0.252 e. The van der Waals surface area contributed by atoms with Crippen molar-refractivity contribution in [2.75, 3.05) is 6.61 Å². The second kappa shape index (κ2) is 6.89. The molecule has 1 aromatic rings. The predicted octanol–water partition coefficient (Wildman–Crippen LogP) is 3.76. The second-order valence-electron chi connectivity index (χ2n) is 5.38. The molecule has 0 bridgehead atoms. The van der Waals surface area contributed by atoms with Crippen LogP contribution in [-0.4, -0.2) is 24.2 Å². The Bertz CT molecular complexity index is 471.